The molecule has 0 unspecified atom stereocenters. The molecule has 0 spiro atoms. The maximum absolute atomic E-state index is 12.7. The van der Waals surface area contributed by atoms with Gasteiger partial charge < -0.3 is 9.88 Å². The normalized spacial score (nSPS) is 11.1. The number of nitrogens with zero attached hydrogens (tertiary/aromatic N) is 6. The summed E-state index contributed by atoms with van der Waals surface area (Å²) in [5.41, 5.74) is 1.09. The summed E-state index contributed by atoms with van der Waals surface area (Å²) >= 11 is 7.35. The van der Waals surface area contributed by atoms with Gasteiger partial charge in [0.05, 0.1) is 16.8 Å². The first kappa shape index (κ1) is 25.6. The quantitative estimate of drug-likeness (QED) is 0.134. The van der Waals surface area contributed by atoms with Gasteiger partial charge in [0.1, 0.15) is 11.6 Å². The number of benzene rings is 2. The van der Waals surface area contributed by atoms with Crippen LogP contribution in [0.25, 0.3) is 17.5 Å². The molecule has 2 heterocycles. The summed E-state index contributed by atoms with van der Waals surface area (Å²) < 4.78 is 1.88. The Morgan fingerprint density at radius 2 is 2.08 bits per heavy atom. The number of non-ortho nitro benzene ring substituents is 1. The number of nitrogens with one attached hydrogen (secondary N) is 1. The van der Waals surface area contributed by atoms with Gasteiger partial charge >= 0.3 is 0 Å². The number of nitro benzene ring substituents is 1. The second kappa shape index (κ2) is 11.5. The van der Waals surface area contributed by atoms with E-state index in [-0.39, 0.29) is 11.3 Å². The number of rotatable bonds is 8. The first-order chi connectivity index (χ1) is 17.9. The molecule has 0 saturated carbocycles. The molecule has 2 aromatic carbocycles. The molecule has 1 N–H and O–H groups in total. The fraction of sp³-hybridized carbons (Fsp3) is 0.0800. The van der Waals surface area contributed by atoms with E-state index in [0.29, 0.717) is 38.7 Å². The van der Waals surface area contributed by atoms with Crippen LogP contribution < -0.4 is 5.32 Å². The first-order valence-electron chi connectivity index (χ1n) is 10.9. The Labute approximate surface area is 220 Å². The third-order valence-corrected chi connectivity index (χ3v) is 6.42. The lowest BCUT2D eigenvalue weighted by Crippen LogP contribution is -2.13. The molecule has 0 aliphatic heterocycles. The van der Waals surface area contributed by atoms with Crippen molar-refractivity contribution < 1.29 is 9.72 Å². The van der Waals surface area contributed by atoms with Gasteiger partial charge in [-0.05, 0) is 60.7 Å². The third kappa shape index (κ3) is 6.00. The highest BCUT2D eigenvalue weighted by molar-refractivity contribution is 7.99. The molecule has 4 rings (SSSR count). The molecule has 0 atom stereocenters. The summed E-state index contributed by atoms with van der Waals surface area (Å²) in [4.78, 5) is 28.1. The molecule has 37 heavy (non-hydrogen) atoms. The Morgan fingerprint density at radius 3 is 2.76 bits per heavy atom. The maximum Gasteiger partial charge on any atom is 0.270 e. The van der Waals surface area contributed by atoms with Gasteiger partial charge in [0, 0.05) is 40.4 Å². The SMILES string of the molecule is CCn1c(Sc2ccc([N+](=O)[O-])cc2/C=C(\C#N)C(=O)Nc2cccnc2)nnc1-c1cccc(Cl)c1. The molecule has 0 aliphatic rings. The van der Waals surface area contributed by atoms with Gasteiger partial charge in [-0.3, -0.25) is 19.9 Å². The average molecular weight is 532 g/mol. The number of anilines is 1. The van der Waals surface area contributed by atoms with Crippen molar-refractivity contribution >= 4 is 46.7 Å². The third-order valence-electron chi connectivity index (χ3n) is 5.11. The number of carbonyl (C=O) groups is 1. The summed E-state index contributed by atoms with van der Waals surface area (Å²) in [6.07, 6.45) is 4.30. The van der Waals surface area contributed by atoms with Crippen LogP contribution in [0, 0.1) is 21.4 Å². The van der Waals surface area contributed by atoms with E-state index >= 15 is 0 Å². The highest BCUT2D eigenvalue weighted by Gasteiger charge is 2.19. The highest BCUT2D eigenvalue weighted by Crippen LogP contribution is 2.35. The van der Waals surface area contributed by atoms with Crippen molar-refractivity contribution in [2.24, 2.45) is 0 Å². The fourth-order valence-electron chi connectivity index (χ4n) is 3.38. The zero-order valence-corrected chi connectivity index (χ0v) is 20.9. The number of nitro groups is 1. The second-order valence-electron chi connectivity index (χ2n) is 7.51. The van der Waals surface area contributed by atoms with Gasteiger partial charge in [-0.2, -0.15) is 5.26 Å². The van der Waals surface area contributed by atoms with E-state index in [9.17, 15) is 20.2 Å². The Kier molecular flexibility index (Phi) is 7.92. The molecular weight excluding hydrogens is 514 g/mol. The lowest BCUT2D eigenvalue weighted by molar-refractivity contribution is -0.384. The van der Waals surface area contributed by atoms with Crippen LogP contribution in [0.3, 0.4) is 0 Å². The number of aromatic nitrogens is 4. The molecule has 0 bridgehead atoms. The number of hydrogen-bond donors (Lipinski definition) is 1. The number of amides is 1. The van der Waals surface area contributed by atoms with Crippen LogP contribution in [0.1, 0.15) is 12.5 Å². The monoisotopic (exact) mass is 531 g/mol. The molecule has 1 amide bonds. The molecule has 0 radical (unpaired) electrons. The van der Waals surface area contributed by atoms with Crippen LogP contribution in [0.5, 0.6) is 0 Å². The van der Waals surface area contributed by atoms with E-state index in [4.69, 9.17) is 11.6 Å². The van der Waals surface area contributed by atoms with E-state index in [0.717, 1.165) is 5.56 Å². The topological polar surface area (TPSA) is 140 Å². The molecule has 10 nitrogen and oxygen atoms in total. The molecule has 4 aromatic rings. The van der Waals surface area contributed by atoms with Crippen LogP contribution >= 0.6 is 23.4 Å². The van der Waals surface area contributed by atoms with Gasteiger partial charge in [-0.1, -0.05) is 23.7 Å². The zero-order valence-electron chi connectivity index (χ0n) is 19.3. The first-order valence-corrected chi connectivity index (χ1v) is 12.1. The number of hydrogen-bond acceptors (Lipinski definition) is 8. The molecule has 184 valence electrons. The van der Waals surface area contributed by atoms with Gasteiger partial charge in [0.15, 0.2) is 11.0 Å². The smallest absolute Gasteiger partial charge is 0.270 e. The fourth-order valence-corrected chi connectivity index (χ4v) is 4.55. The lowest BCUT2D eigenvalue weighted by Gasteiger charge is -2.10. The Hall–Kier alpha value is -4.53. The second-order valence-corrected chi connectivity index (χ2v) is 8.95. The Morgan fingerprint density at radius 1 is 1.24 bits per heavy atom. The maximum atomic E-state index is 12.7. The van der Waals surface area contributed by atoms with Crippen molar-refractivity contribution in [3.05, 3.63) is 93.3 Å². The van der Waals surface area contributed by atoms with Gasteiger partial charge in [-0.15, -0.1) is 10.2 Å². The van der Waals surface area contributed by atoms with Crippen LogP contribution in [0.2, 0.25) is 5.02 Å². The number of carbonyl (C=O) groups excluding carboxylic acids is 1. The Bertz CT molecular complexity index is 1550. The van der Waals surface area contributed by atoms with Crippen molar-refractivity contribution in [1.82, 2.24) is 19.7 Å². The van der Waals surface area contributed by atoms with Crippen molar-refractivity contribution in [3.8, 4) is 17.5 Å². The molecule has 12 heteroatoms. The minimum Gasteiger partial charge on any atom is -0.320 e. The predicted molar refractivity (Wildman–Crippen MR) is 140 cm³/mol. The summed E-state index contributed by atoms with van der Waals surface area (Å²) in [5.74, 6) is -0.0574. The van der Waals surface area contributed by atoms with E-state index in [2.05, 4.69) is 20.5 Å². The predicted octanol–water partition coefficient (Wildman–Crippen LogP) is 5.62. The number of nitriles is 1. The van der Waals surface area contributed by atoms with Crippen LogP contribution in [-0.2, 0) is 11.3 Å². The van der Waals surface area contributed by atoms with Crippen LogP contribution in [0.4, 0.5) is 11.4 Å². The number of halogens is 1. The van der Waals surface area contributed by atoms with Crippen molar-refractivity contribution in [2.45, 2.75) is 23.5 Å². The average Bonchev–Trinajstić information content (AvgIpc) is 3.31. The van der Waals surface area contributed by atoms with E-state index in [1.165, 1.54) is 36.2 Å². The summed E-state index contributed by atoms with van der Waals surface area (Å²) in [6.45, 7) is 2.49. The molecule has 0 fully saturated rings. The van der Waals surface area contributed by atoms with Gasteiger partial charge in [0.2, 0.25) is 0 Å². The summed E-state index contributed by atoms with van der Waals surface area (Å²) in [6, 6.07) is 16.6. The standard InChI is InChI=1S/C25H18ClN7O3S/c1-2-32-23(16-5-3-6-19(26)12-16)30-31-25(32)37-22-9-8-21(33(35)36)13-17(22)11-18(14-27)24(34)29-20-7-4-10-28-15-20/h3-13,15H,2H2,1H3,(H,29,34)/b18-11+. The Balaban J connectivity index is 1.72. The van der Waals surface area contributed by atoms with Gasteiger partial charge in [-0.25, -0.2) is 0 Å². The molecule has 0 saturated heterocycles. The summed E-state index contributed by atoms with van der Waals surface area (Å²) in [5, 5.41) is 33.4. The molecular formula is C25H18ClN7O3S. The van der Waals surface area contributed by atoms with Crippen molar-refractivity contribution in [3.63, 3.8) is 0 Å². The van der Waals surface area contributed by atoms with Crippen LogP contribution in [-0.4, -0.2) is 30.6 Å². The zero-order chi connectivity index (χ0) is 26.4. The largest absolute Gasteiger partial charge is 0.320 e. The number of pyridine rings is 1. The van der Waals surface area contributed by atoms with Crippen LogP contribution in [0.15, 0.2) is 82.6 Å². The van der Waals surface area contributed by atoms with E-state index < -0.39 is 10.8 Å². The van der Waals surface area contributed by atoms with Crippen molar-refractivity contribution in [2.75, 3.05) is 5.32 Å². The molecule has 2 aromatic heterocycles. The van der Waals surface area contributed by atoms with E-state index in [1.807, 2.05) is 29.7 Å². The van der Waals surface area contributed by atoms with E-state index in [1.54, 1.807) is 36.5 Å². The highest BCUT2D eigenvalue weighted by atomic mass is 35.5. The van der Waals surface area contributed by atoms with Gasteiger partial charge in [0.25, 0.3) is 11.6 Å². The molecule has 0 aliphatic carbocycles. The summed E-state index contributed by atoms with van der Waals surface area (Å²) in [7, 11) is 0. The minimum atomic E-state index is -0.669. The van der Waals surface area contributed by atoms with Crippen molar-refractivity contribution in [1.29, 1.82) is 5.26 Å². The minimum absolute atomic E-state index is 0.183. The lowest BCUT2D eigenvalue weighted by atomic mass is 10.1.